The average molecular weight is 221 g/mol. The van der Waals surface area contributed by atoms with Gasteiger partial charge in [-0.25, -0.2) is 0 Å². The van der Waals surface area contributed by atoms with Gasteiger partial charge in [-0.2, -0.15) is 0 Å². The lowest BCUT2D eigenvalue weighted by Crippen LogP contribution is -2.53. The summed E-state index contributed by atoms with van der Waals surface area (Å²) in [6.07, 6.45) is 5.29. The standard InChI is InChI=1S/C13H19NO2/c1-10-4-5-11(16-10)12-8-14-13(9-15-12)6-2-3-7-13/h4-5,12,14H,2-3,6-9H2,1H3. The first-order chi connectivity index (χ1) is 7.77. The van der Waals surface area contributed by atoms with Gasteiger partial charge in [0.15, 0.2) is 0 Å². The first-order valence-corrected chi connectivity index (χ1v) is 6.20. The van der Waals surface area contributed by atoms with Gasteiger partial charge in [0.2, 0.25) is 0 Å². The number of hydrogen-bond acceptors (Lipinski definition) is 3. The van der Waals surface area contributed by atoms with Gasteiger partial charge >= 0.3 is 0 Å². The molecule has 3 rings (SSSR count). The molecule has 3 nitrogen and oxygen atoms in total. The molecule has 1 atom stereocenters. The van der Waals surface area contributed by atoms with Gasteiger partial charge in [-0.3, -0.25) is 0 Å². The van der Waals surface area contributed by atoms with Gasteiger partial charge in [-0.1, -0.05) is 12.8 Å². The number of furan rings is 1. The van der Waals surface area contributed by atoms with Crippen LogP contribution in [0.4, 0.5) is 0 Å². The fourth-order valence-electron chi connectivity index (χ4n) is 2.86. The Labute approximate surface area is 96.2 Å². The predicted molar refractivity (Wildman–Crippen MR) is 61.3 cm³/mol. The summed E-state index contributed by atoms with van der Waals surface area (Å²) in [5.74, 6) is 1.91. The Morgan fingerprint density at radius 1 is 1.31 bits per heavy atom. The van der Waals surface area contributed by atoms with E-state index in [1.165, 1.54) is 25.7 Å². The van der Waals surface area contributed by atoms with E-state index in [1.807, 2.05) is 19.1 Å². The predicted octanol–water partition coefficient (Wildman–Crippen LogP) is 2.56. The van der Waals surface area contributed by atoms with Crippen LogP contribution in [0.25, 0.3) is 0 Å². The number of nitrogens with one attached hydrogen (secondary N) is 1. The SMILES string of the molecule is Cc1ccc(C2CNC3(CCCC3)CO2)o1. The van der Waals surface area contributed by atoms with Crippen molar-refractivity contribution in [3.8, 4) is 0 Å². The monoisotopic (exact) mass is 221 g/mol. The first kappa shape index (κ1) is 10.4. The molecule has 2 heterocycles. The molecule has 16 heavy (non-hydrogen) atoms. The van der Waals surface area contributed by atoms with E-state index in [0.717, 1.165) is 24.7 Å². The summed E-state index contributed by atoms with van der Waals surface area (Å²) in [6, 6.07) is 4.02. The minimum atomic E-state index is 0.0972. The maximum Gasteiger partial charge on any atom is 0.134 e. The lowest BCUT2D eigenvalue weighted by atomic mass is 9.96. The summed E-state index contributed by atoms with van der Waals surface area (Å²) >= 11 is 0. The molecule has 1 N–H and O–H groups in total. The zero-order valence-corrected chi connectivity index (χ0v) is 9.79. The van der Waals surface area contributed by atoms with E-state index in [-0.39, 0.29) is 11.6 Å². The van der Waals surface area contributed by atoms with Gasteiger partial charge in [-0.05, 0) is 31.9 Å². The molecule has 3 heteroatoms. The van der Waals surface area contributed by atoms with Crippen molar-refractivity contribution in [3.63, 3.8) is 0 Å². The molecular weight excluding hydrogens is 202 g/mol. The normalized spacial score (nSPS) is 28.7. The first-order valence-electron chi connectivity index (χ1n) is 6.20. The van der Waals surface area contributed by atoms with Crippen LogP contribution in [0, 0.1) is 6.92 Å². The van der Waals surface area contributed by atoms with Gasteiger partial charge in [0.05, 0.1) is 6.61 Å². The highest BCUT2D eigenvalue weighted by Gasteiger charge is 2.38. The lowest BCUT2D eigenvalue weighted by molar-refractivity contribution is -0.0422. The molecule has 1 aliphatic heterocycles. The fourth-order valence-corrected chi connectivity index (χ4v) is 2.86. The number of aryl methyl sites for hydroxylation is 1. The molecule has 1 aliphatic carbocycles. The third-order valence-electron chi connectivity index (χ3n) is 3.86. The molecule has 1 aromatic rings. The number of rotatable bonds is 1. The summed E-state index contributed by atoms with van der Waals surface area (Å²) in [7, 11) is 0. The van der Waals surface area contributed by atoms with E-state index >= 15 is 0 Å². The Morgan fingerprint density at radius 2 is 2.12 bits per heavy atom. The Balaban J connectivity index is 1.66. The summed E-state index contributed by atoms with van der Waals surface area (Å²) in [4.78, 5) is 0. The third-order valence-corrected chi connectivity index (χ3v) is 3.86. The summed E-state index contributed by atoms with van der Waals surface area (Å²) < 4.78 is 11.6. The quantitative estimate of drug-likeness (QED) is 0.791. The average Bonchev–Trinajstić information content (AvgIpc) is 2.90. The maximum atomic E-state index is 5.96. The van der Waals surface area contributed by atoms with Crippen LogP contribution < -0.4 is 5.32 Å². The van der Waals surface area contributed by atoms with Crippen LogP contribution in [0.1, 0.15) is 43.3 Å². The second-order valence-corrected chi connectivity index (χ2v) is 5.12. The number of ether oxygens (including phenoxy) is 1. The molecule has 0 bridgehead atoms. The zero-order valence-electron chi connectivity index (χ0n) is 9.79. The molecule has 0 radical (unpaired) electrons. The Bertz CT molecular complexity index is 356. The second-order valence-electron chi connectivity index (χ2n) is 5.12. The van der Waals surface area contributed by atoms with Crippen molar-refractivity contribution in [2.45, 2.75) is 44.2 Å². The molecule has 2 aliphatic rings. The molecule has 2 fully saturated rings. The molecule has 88 valence electrons. The van der Waals surface area contributed by atoms with Crippen LogP contribution >= 0.6 is 0 Å². The fraction of sp³-hybridized carbons (Fsp3) is 0.692. The molecule has 0 aromatic carbocycles. The minimum Gasteiger partial charge on any atom is -0.464 e. The molecular formula is C13H19NO2. The van der Waals surface area contributed by atoms with Crippen molar-refractivity contribution < 1.29 is 9.15 Å². The van der Waals surface area contributed by atoms with Crippen LogP contribution in [0.15, 0.2) is 16.5 Å². The van der Waals surface area contributed by atoms with Gasteiger partial charge in [0.25, 0.3) is 0 Å². The van der Waals surface area contributed by atoms with E-state index < -0.39 is 0 Å². The van der Waals surface area contributed by atoms with Crippen molar-refractivity contribution in [2.24, 2.45) is 0 Å². The van der Waals surface area contributed by atoms with Gasteiger partial charge in [0.1, 0.15) is 17.6 Å². The zero-order chi connectivity index (χ0) is 11.0. The largest absolute Gasteiger partial charge is 0.464 e. The topological polar surface area (TPSA) is 34.4 Å². The number of morpholine rings is 1. The summed E-state index contributed by atoms with van der Waals surface area (Å²) in [5.41, 5.74) is 0.276. The Hall–Kier alpha value is -0.800. The molecule has 1 unspecified atom stereocenters. The lowest BCUT2D eigenvalue weighted by Gasteiger charge is -2.37. The summed E-state index contributed by atoms with van der Waals surface area (Å²) in [6.45, 7) is 3.68. The van der Waals surface area contributed by atoms with Crippen molar-refractivity contribution >= 4 is 0 Å². The Kier molecular flexibility index (Phi) is 2.52. The molecule has 1 spiro atoms. The van der Waals surface area contributed by atoms with E-state index in [2.05, 4.69) is 5.32 Å². The van der Waals surface area contributed by atoms with E-state index in [9.17, 15) is 0 Å². The van der Waals surface area contributed by atoms with Gasteiger partial charge in [-0.15, -0.1) is 0 Å². The Morgan fingerprint density at radius 3 is 2.69 bits per heavy atom. The van der Waals surface area contributed by atoms with Gasteiger partial charge in [0, 0.05) is 12.1 Å². The molecule has 1 saturated heterocycles. The molecule has 1 saturated carbocycles. The third kappa shape index (κ3) is 1.78. The van der Waals surface area contributed by atoms with Crippen LogP contribution in [0.3, 0.4) is 0 Å². The van der Waals surface area contributed by atoms with Gasteiger partial charge < -0.3 is 14.5 Å². The summed E-state index contributed by atoms with van der Waals surface area (Å²) in [5, 5.41) is 3.67. The highest BCUT2D eigenvalue weighted by molar-refractivity contribution is 5.10. The molecule has 1 aromatic heterocycles. The smallest absolute Gasteiger partial charge is 0.134 e. The maximum absolute atomic E-state index is 5.96. The molecule has 0 amide bonds. The highest BCUT2D eigenvalue weighted by Crippen LogP contribution is 2.35. The van der Waals surface area contributed by atoms with Crippen molar-refractivity contribution in [3.05, 3.63) is 23.7 Å². The van der Waals surface area contributed by atoms with Crippen LogP contribution in [-0.4, -0.2) is 18.7 Å². The van der Waals surface area contributed by atoms with E-state index in [0.29, 0.717) is 0 Å². The number of hydrogen-bond donors (Lipinski definition) is 1. The highest BCUT2D eigenvalue weighted by atomic mass is 16.5. The van der Waals surface area contributed by atoms with E-state index in [4.69, 9.17) is 9.15 Å². The van der Waals surface area contributed by atoms with Crippen LogP contribution in [0.5, 0.6) is 0 Å². The van der Waals surface area contributed by atoms with Crippen LogP contribution in [0.2, 0.25) is 0 Å². The van der Waals surface area contributed by atoms with Crippen molar-refractivity contribution in [1.82, 2.24) is 5.32 Å². The van der Waals surface area contributed by atoms with Crippen molar-refractivity contribution in [2.75, 3.05) is 13.2 Å². The van der Waals surface area contributed by atoms with E-state index in [1.54, 1.807) is 0 Å². The second kappa shape index (κ2) is 3.90. The van der Waals surface area contributed by atoms with Crippen molar-refractivity contribution in [1.29, 1.82) is 0 Å². The van der Waals surface area contributed by atoms with Crippen LogP contribution in [-0.2, 0) is 4.74 Å². The minimum absolute atomic E-state index is 0.0972.